The van der Waals surface area contributed by atoms with Crippen molar-refractivity contribution < 1.29 is 4.79 Å². The van der Waals surface area contributed by atoms with Gasteiger partial charge in [-0.25, -0.2) is 0 Å². The normalized spacial score (nSPS) is 21.5. The highest BCUT2D eigenvalue weighted by Crippen LogP contribution is 2.27. The highest BCUT2D eigenvalue weighted by atomic mass is 32.1. The summed E-state index contributed by atoms with van der Waals surface area (Å²) in [6.45, 7) is 5.08. The van der Waals surface area contributed by atoms with Gasteiger partial charge in [0, 0.05) is 55.4 Å². The molecule has 0 aromatic carbocycles. The van der Waals surface area contributed by atoms with Crippen molar-refractivity contribution in [2.24, 2.45) is 7.05 Å². The Morgan fingerprint density at radius 3 is 2.85 bits per heavy atom. The highest BCUT2D eigenvalue weighted by Gasteiger charge is 2.32. The number of fused-ring (bicyclic) bond motifs is 1. The van der Waals surface area contributed by atoms with Crippen LogP contribution in [0.3, 0.4) is 0 Å². The third kappa shape index (κ3) is 3.56. The summed E-state index contributed by atoms with van der Waals surface area (Å²) >= 11 is 1.66. The van der Waals surface area contributed by atoms with Crippen LogP contribution in [0.15, 0.2) is 17.5 Å². The zero-order valence-electron chi connectivity index (χ0n) is 15.6. The molecule has 1 fully saturated rings. The van der Waals surface area contributed by atoms with Crippen molar-refractivity contribution in [2.75, 3.05) is 33.2 Å². The van der Waals surface area contributed by atoms with Gasteiger partial charge in [0.2, 0.25) is 0 Å². The summed E-state index contributed by atoms with van der Waals surface area (Å²) in [5.41, 5.74) is 3.01. The smallest absolute Gasteiger partial charge is 0.272 e. The average Bonchev–Trinajstić information content (AvgIpc) is 3.28. The molecule has 2 aromatic heterocycles. The fraction of sp³-hybridized carbons (Fsp3) is 0.579. The Morgan fingerprint density at radius 1 is 1.31 bits per heavy atom. The van der Waals surface area contributed by atoms with Crippen LogP contribution in [-0.4, -0.2) is 64.8 Å². The van der Waals surface area contributed by atoms with Crippen LogP contribution < -0.4 is 5.32 Å². The van der Waals surface area contributed by atoms with E-state index in [4.69, 9.17) is 0 Å². The summed E-state index contributed by atoms with van der Waals surface area (Å²) in [7, 11) is 4.15. The first-order valence-corrected chi connectivity index (χ1v) is 10.3. The van der Waals surface area contributed by atoms with Gasteiger partial charge in [0.25, 0.3) is 5.91 Å². The summed E-state index contributed by atoms with van der Waals surface area (Å²) in [5, 5.41) is 9.64. The van der Waals surface area contributed by atoms with Crippen LogP contribution in [0.2, 0.25) is 0 Å². The molecule has 2 aliphatic rings. The number of thiophene rings is 1. The molecule has 2 aromatic rings. The van der Waals surface area contributed by atoms with E-state index in [1.165, 1.54) is 10.6 Å². The molecule has 140 valence electrons. The molecule has 7 heteroatoms. The molecule has 6 nitrogen and oxygen atoms in total. The number of likely N-dealkylation sites (N-methyl/N-ethyl adjacent to an activating group) is 1. The van der Waals surface area contributed by atoms with Crippen molar-refractivity contribution in [2.45, 2.75) is 31.8 Å². The quantitative estimate of drug-likeness (QED) is 0.883. The summed E-state index contributed by atoms with van der Waals surface area (Å²) in [6, 6.07) is 4.58. The van der Waals surface area contributed by atoms with Gasteiger partial charge >= 0.3 is 0 Å². The highest BCUT2D eigenvalue weighted by molar-refractivity contribution is 7.09. The Morgan fingerprint density at radius 2 is 2.12 bits per heavy atom. The third-order valence-electron chi connectivity index (χ3n) is 5.70. The SMILES string of the molecule is CN1CCN([C@@H]2CCc3c(c(C(=O)NCc4cccs4)nn3C)C2)CC1. The predicted octanol–water partition coefficient (Wildman–Crippen LogP) is 1.52. The third-order valence-corrected chi connectivity index (χ3v) is 6.58. The van der Waals surface area contributed by atoms with Crippen LogP contribution in [0, 0.1) is 0 Å². The minimum absolute atomic E-state index is 0.0470. The molecule has 26 heavy (non-hydrogen) atoms. The van der Waals surface area contributed by atoms with Gasteiger partial charge in [-0.05, 0) is 37.8 Å². The maximum Gasteiger partial charge on any atom is 0.272 e. The van der Waals surface area contributed by atoms with Gasteiger partial charge in [-0.2, -0.15) is 5.10 Å². The summed E-state index contributed by atoms with van der Waals surface area (Å²) in [4.78, 5) is 18.9. The van der Waals surface area contributed by atoms with Crippen molar-refractivity contribution in [1.29, 1.82) is 0 Å². The molecule has 4 rings (SSSR count). The van der Waals surface area contributed by atoms with E-state index in [0.717, 1.165) is 51.0 Å². The maximum absolute atomic E-state index is 12.7. The Kier molecular flexibility index (Phi) is 5.11. The zero-order chi connectivity index (χ0) is 18.1. The first kappa shape index (κ1) is 17.7. The lowest BCUT2D eigenvalue weighted by Crippen LogP contribution is -2.50. The molecule has 3 heterocycles. The number of nitrogens with one attached hydrogen (secondary N) is 1. The number of aromatic nitrogens is 2. The lowest BCUT2D eigenvalue weighted by molar-refractivity contribution is 0.0938. The average molecular weight is 374 g/mol. The summed E-state index contributed by atoms with van der Waals surface area (Å²) in [6.07, 6.45) is 3.11. The van der Waals surface area contributed by atoms with Gasteiger partial charge in [-0.15, -0.1) is 11.3 Å². The van der Waals surface area contributed by atoms with Gasteiger partial charge in [-0.3, -0.25) is 14.4 Å². The second-order valence-electron chi connectivity index (χ2n) is 7.40. The van der Waals surface area contributed by atoms with Crippen LogP contribution in [0.4, 0.5) is 0 Å². The monoisotopic (exact) mass is 373 g/mol. The lowest BCUT2D eigenvalue weighted by Gasteiger charge is -2.39. The summed E-state index contributed by atoms with van der Waals surface area (Å²) in [5.74, 6) is -0.0470. The molecule has 1 atom stereocenters. The molecule has 0 bridgehead atoms. The van der Waals surface area contributed by atoms with Crippen molar-refractivity contribution in [3.63, 3.8) is 0 Å². The van der Waals surface area contributed by atoms with Crippen molar-refractivity contribution in [1.82, 2.24) is 24.9 Å². The molecule has 1 N–H and O–H groups in total. The van der Waals surface area contributed by atoms with Gasteiger partial charge in [-0.1, -0.05) is 6.07 Å². The Balaban J connectivity index is 1.47. The Hall–Kier alpha value is -1.70. The number of carbonyl (C=O) groups is 1. The minimum Gasteiger partial charge on any atom is -0.346 e. The number of rotatable bonds is 4. The fourth-order valence-electron chi connectivity index (χ4n) is 4.12. The van der Waals surface area contributed by atoms with Crippen LogP contribution in [-0.2, 0) is 26.4 Å². The predicted molar refractivity (Wildman–Crippen MR) is 104 cm³/mol. The fourth-order valence-corrected chi connectivity index (χ4v) is 4.76. The topological polar surface area (TPSA) is 53.4 Å². The minimum atomic E-state index is -0.0470. The molecule has 1 aliphatic heterocycles. The van der Waals surface area contributed by atoms with Gasteiger partial charge in [0.05, 0.1) is 6.54 Å². The van der Waals surface area contributed by atoms with E-state index in [9.17, 15) is 4.79 Å². The second kappa shape index (κ2) is 7.50. The molecule has 0 saturated carbocycles. The molecule has 0 spiro atoms. The van der Waals surface area contributed by atoms with E-state index < -0.39 is 0 Å². The van der Waals surface area contributed by atoms with Crippen LogP contribution in [0.1, 0.15) is 33.0 Å². The van der Waals surface area contributed by atoms with Gasteiger partial charge < -0.3 is 10.2 Å². The molecule has 1 aliphatic carbocycles. The lowest BCUT2D eigenvalue weighted by atomic mass is 9.90. The number of nitrogens with zero attached hydrogens (tertiary/aromatic N) is 4. The molecular formula is C19H27N5OS. The van der Waals surface area contributed by atoms with Gasteiger partial charge in [0.1, 0.15) is 0 Å². The number of piperazine rings is 1. The van der Waals surface area contributed by atoms with E-state index in [1.54, 1.807) is 11.3 Å². The van der Waals surface area contributed by atoms with Gasteiger partial charge in [0.15, 0.2) is 5.69 Å². The van der Waals surface area contributed by atoms with Crippen molar-refractivity contribution in [3.05, 3.63) is 39.3 Å². The van der Waals surface area contributed by atoms with E-state index >= 15 is 0 Å². The van der Waals surface area contributed by atoms with E-state index in [1.807, 2.05) is 29.2 Å². The number of hydrogen-bond acceptors (Lipinski definition) is 5. The molecule has 1 saturated heterocycles. The maximum atomic E-state index is 12.7. The number of amides is 1. The van der Waals surface area contributed by atoms with E-state index in [-0.39, 0.29) is 5.91 Å². The number of aryl methyl sites for hydroxylation is 1. The van der Waals surface area contributed by atoms with E-state index in [0.29, 0.717) is 18.3 Å². The van der Waals surface area contributed by atoms with Crippen molar-refractivity contribution >= 4 is 17.2 Å². The van der Waals surface area contributed by atoms with Crippen LogP contribution >= 0.6 is 11.3 Å². The molecular weight excluding hydrogens is 346 g/mol. The zero-order valence-corrected chi connectivity index (χ0v) is 16.4. The van der Waals surface area contributed by atoms with Crippen LogP contribution in [0.5, 0.6) is 0 Å². The Bertz CT molecular complexity index is 761. The largest absolute Gasteiger partial charge is 0.346 e. The first-order chi connectivity index (χ1) is 12.6. The molecule has 1 amide bonds. The molecule has 0 radical (unpaired) electrons. The second-order valence-corrected chi connectivity index (χ2v) is 8.43. The van der Waals surface area contributed by atoms with Crippen LogP contribution in [0.25, 0.3) is 0 Å². The number of hydrogen-bond donors (Lipinski definition) is 1. The molecule has 0 unspecified atom stereocenters. The van der Waals surface area contributed by atoms with E-state index in [2.05, 4.69) is 27.3 Å². The number of carbonyl (C=O) groups excluding carboxylic acids is 1. The van der Waals surface area contributed by atoms with Crippen molar-refractivity contribution in [3.8, 4) is 0 Å². The first-order valence-electron chi connectivity index (χ1n) is 9.39. The summed E-state index contributed by atoms with van der Waals surface area (Å²) < 4.78 is 1.91. The standard InChI is InChI=1S/C19H27N5OS/c1-22-7-9-24(10-8-22)14-5-6-17-16(12-14)18(21-23(17)2)19(25)20-13-15-4-3-11-26-15/h3-4,11,14H,5-10,12-13H2,1-2H3,(H,20,25)/t14-/m1/s1. The Labute approximate surface area is 158 Å².